The average molecular weight is 396 g/mol. The molecule has 7 heteroatoms. The lowest BCUT2D eigenvalue weighted by atomic mass is 9.96. The highest BCUT2D eigenvalue weighted by molar-refractivity contribution is 6.46. The first-order chi connectivity index (χ1) is 14.1. The van der Waals surface area contributed by atoms with Crippen LogP contribution in [0.15, 0.2) is 54.4 Å². The molecule has 0 radical (unpaired) electrons. The van der Waals surface area contributed by atoms with Crippen molar-refractivity contribution in [3.8, 4) is 5.75 Å². The highest BCUT2D eigenvalue weighted by Gasteiger charge is 2.45. The first-order valence-corrected chi connectivity index (χ1v) is 9.49. The number of hydrogen-bond acceptors (Lipinski definition) is 6. The summed E-state index contributed by atoms with van der Waals surface area (Å²) >= 11 is 0. The van der Waals surface area contributed by atoms with Crippen molar-refractivity contribution in [1.82, 2.24) is 9.88 Å². The van der Waals surface area contributed by atoms with Gasteiger partial charge in [-0.3, -0.25) is 14.6 Å². The summed E-state index contributed by atoms with van der Waals surface area (Å²) in [7, 11) is 1.53. The topological polar surface area (TPSA) is 89.0 Å². The summed E-state index contributed by atoms with van der Waals surface area (Å²) in [6.45, 7) is 3.10. The van der Waals surface area contributed by atoms with Gasteiger partial charge in [0, 0.05) is 31.6 Å². The second kappa shape index (κ2) is 9.34. The van der Waals surface area contributed by atoms with E-state index >= 15 is 0 Å². The van der Waals surface area contributed by atoms with Gasteiger partial charge in [0.05, 0.1) is 24.8 Å². The van der Waals surface area contributed by atoms with Crippen LogP contribution in [0.4, 0.5) is 0 Å². The SMILES string of the molecule is CCCOc1ccc(/C(O)=C2\C(=O)C(=O)N(CCOC)[C@H]2c2cccnc2)cc1. The van der Waals surface area contributed by atoms with Crippen molar-refractivity contribution < 1.29 is 24.2 Å². The molecule has 1 amide bonds. The maximum absolute atomic E-state index is 12.8. The summed E-state index contributed by atoms with van der Waals surface area (Å²) in [4.78, 5) is 30.9. The lowest BCUT2D eigenvalue weighted by molar-refractivity contribution is -0.140. The summed E-state index contributed by atoms with van der Waals surface area (Å²) < 4.78 is 10.6. The Labute approximate surface area is 169 Å². The Balaban J connectivity index is 2.03. The van der Waals surface area contributed by atoms with Gasteiger partial charge in [-0.15, -0.1) is 0 Å². The number of likely N-dealkylation sites (tertiary alicyclic amines) is 1. The number of nitrogens with zero attached hydrogens (tertiary/aromatic N) is 2. The van der Waals surface area contributed by atoms with E-state index in [9.17, 15) is 14.7 Å². The molecule has 3 rings (SSSR count). The van der Waals surface area contributed by atoms with Gasteiger partial charge in [-0.05, 0) is 42.3 Å². The van der Waals surface area contributed by atoms with Gasteiger partial charge in [0.1, 0.15) is 11.5 Å². The number of carbonyl (C=O) groups is 2. The zero-order valence-corrected chi connectivity index (χ0v) is 16.5. The van der Waals surface area contributed by atoms with Crippen molar-refractivity contribution in [2.75, 3.05) is 26.9 Å². The minimum atomic E-state index is -0.727. The molecule has 1 N–H and O–H groups in total. The number of aliphatic hydroxyl groups excluding tert-OH is 1. The average Bonchev–Trinajstić information content (AvgIpc) is 3.01. The molecule has 0 aliphatic carbocycles. The van der Waals surface area contributed by atoms with Gasteiger partial charge in [-0.25, -0.2) is 0 Å². The molecule has 1 aliphatic rings. The molecular formula is C22H24N2O5. The fraction of sp³-hybridized carbons (Fsp3) is 0.318. The molecule has 1 aliphatic heterocycles. The van der Waals surface area contributed by atoms with Crippen LogP contribution >= 0.6 is 0 Å². The van der Waals surface area contributed by atoms with Crippen LogP contribution in [0.3, 0.4) is 0 Å². The molecule has 152 valence electrons. The van der Waals surface area contributed by atoms with Crippen LogP contribution in [0.25, 0.3) is 5.76 Å². The van der Waals surface area contributed by atoms with E-state index in [4.69, 9.17) is 9.47 Å². The lowest BCUT2D eigenvalue weighted by Gasteiger charge is -2.24. The normalized spacial score (nSPS) is 18.3. The summed E-state index contributed by atoms with van der Waals surface area (Å²) in [6, 6.07) is 9.57. The number of hydrogen-bond donors (Lipinski definition) is 1. The number of Topliss-reactive ketones (excluding diaryl/α,β-unsaturated/α-hetero) is 1. The smallest absolute Gasteiger partial charge is 0.295 e. The van der Waals surface area contributed by atoms with E-state index in [0.717, 1.165) is 6.42 Å². The number of ketones is 1. The summed E-state index contributed by atoms with van der Waals surface area (Å²) in [5.41, 5.74) is 1.13. The monoisotopic (exact) mass is 396 g/mol. The Kier molecular flexibility index (Phi) is 6.61. The zero-order valence-electron chi connectivity index (χ0n) is 16.5. The predicted molar refractivity (Wildman–Crippen MR) is 107 cm³/mol. The van der Waals surface area contributed by atoms with E-state index in [1.165, 1.54) is 12.0 Å². The van der Waals surface area contributed by atoms with E-state index in [1.54, 1.807) is 48.8 Å². The molecule has 0 spiro atoms. The number of carbonyl (C=O) groups excluding carboxylic acids is 2. The zero-order chi connectivity index (χ0) is 20.8. The second-order valence-electron chi connectivity index (χ2n) is 6.64. The van der Waals surface area contributed by atoms with Crippen molar-refractivity contribution in [2.24, 2.45) is 0 Å². The van der Waals surface area contributed by atoms with E-state index in [-0.39, 0.29) is 24.5 Å². The van der Waals surface area contributed by atoms with Crippen molar-refractivity contribution in [3.05, 3.63) is 65.5 Å². The van der Waals surface area contributed by atoms with Gasteiger partial charge < -0.3 is 19.5 Å². The molecule has 1 aromatic heterocycles. The molecule has 0 saturated carbocycles. The van der Waals surface area contributed by atoms with Crippen LogP contribution in [0.5, 0.6) is 5.75 Å². The first kappa shape index (κ1) is 20.5. The fourth-order valence-corrected chi connectivity index (χ4v) is 3.27. The Hall–Kier alpha value is -3.19. The Morgan fingerprint density at radius 3 is 2.55 bits per heavy atom. The third kappa shape index (κ3) is 4.30. The van der Waals surface area contributed by atoms with Crippen LogP contribution < -0.4 is 4.74 Å². The number of methoxy groups -OCH3 is 1. The van der Waals surface area contributed by atoms with Crippen molar-refractivity contribution in [3.63, 3.8) is 0 Å². The molecule has 0 unspecified atom stereocenters. The minimum absolute atomic E-state index is 0.0429. The maximum Gasteiger partial charge on any atom is 0.295 e. The third-order valence-corrected chi connectivity index (χ3v) is 4.68. The molecule has 7 nitrogen and oxygen atoms in total. The molecular weight excluding hydrogens is 372 g/mol. The van der Waals surface area contributed by atoms with Gasteiger partial charge in [-0.1, -0.05) is 13.0 Å². The van der Waals surface area contributed by atoms with Gasteiger partial charge in [0.2, 0.25) is 0 Å². The van der Waals surface area contributed by atoms with Crippen LogP contribution in [-0.4, -0.2) is 53.5 Å². The lowest BCUT2D eigenvalue weighted by Crippen LogP contribution is -2.32. The molecule has 1 fully saturated rings. The fourth-order valence-electron chi connectivity index (χ4n) is 3.27. The highest BCUT2D eigenvalue weighted by Crippen LogP contribution is 2.39. The largest absolute Gasteiger partial charge is 0.507 e. The number of benzene rings is 1. The quantitative estimate of drug-likeness (QED) is 0.419. The molecule has 1 aromatic carbocycles. The first-order valence-electron chi connectivity index (χ1n) is 9.49. The van der Waals surface area contributed by atoms with Gasteiger partial charge in [-0.2, -0.15) is 0 Å². The summed E-state index contributed by atoms with van der Waals surface area (Å²) in [6.07, 6.45) is 4.09. The number of pyridine rings is 1. The van der Waals surface area contributed by atoms with Crippen LogP contribution in [0, 0.1) is 0 Å². The number of rotatable bonds is 8. The molecule has 29 heavy (non-hydrogen) atoms. The van der Waals surface area contributed by atoms with E-state index in [1.807, 2.05) is 6.92 Å². The van der Waals surface area contributed by atoms with E-state index in [0.29, 0.717) is 23.5 Å². The van der Waals surface area contributed by atoms with Gasteiger partial charge in [0.15, 0.2) is 0 Å². The van der Waals surface area contributed by atoms with E-state index in [2.05, 4.69) is 4.98 Å². The highest BCUT2D eigenvalue weighted by atomic mass is 16.5. The number of aliphatic hydroxyl groups is 1. The Bertz CT molecular complexity index is 893. The standard InChI is InChI=1S/C22H24N2O5/c1-3-12-29-17-8-6-15(7-9-17)20(25)18-19(16-5-4-10-23-14-16)24(11-13-28-2)22(27)21(18)26/h4-10,14,19,25H,3,11-13H2,1-2H3/b20-18+/t19-/m0/s1. The molecule has 1 saturated heterocycles. The van der Waals surface area contributed by atoms with Crippen molar-refractivity contribution >= 4 is 17.4 Å². The third-order valence-electron chi connectivity index (χ3n) is 4.68. The minimum Gasteiger partial charge on any atom is -0.507 e. The van der Waals surface area contributed by atoms with Crippen molar-refractivity contribution in [1.29, 1.82) is 0 Å². The van der Waals surface area contributed by atoms with Crippen LogP contribution in [-0.2, 0) is 14.3 Å². The Morgan fingerprint density at radius 2 is 1.93 bits per heavy atom. The van der Waals surface area contributed by atoms with Crippen LogP contribution in [0.1, 0.15) is 30.5 Å². The molecule has 1 atom stereocenters. The number of ether oxygens (including phenoxy) is 2. The molecule has 0 bridgehead atoms. The summed E-state index contributed by atoms with van der Waals surface area (Å²) in [5.74, 6) is -0.939. The number of amides is 1. The Morgan fingerprint density at radius 1 is 1.17 bits per heavy atom. The van der Waals surface area contributed by atoms with Crippen molar-refractivity contribution in [2.45, 2.75) is 19.4 Å². The molecule has 2 heterocycles. The maximum atomic E-state index is 12.8. The predicted octanol–water partition coefficient (Wildman–Crippen LogP) is 2.94. The second-order valence-corrected chi connectivity index (χ2v) is 6.64. The molecule has 2 aromatic rings. The van der Waals surface area contributed by atoms with Crippen LogP contribution in [0.2, 0.25) is 0 Å². The summed E-state index contributed by atoms with van der Waals surface area (Å²) in [5, 5.41) is 10.9. The van der Waals surface area contributed by atoms with E-state index < -0.39 is 17.7 Å². The van der Waals surface area contributed by atoms with Gasteiger partial charge in [0.25, 0.3) is 11.7 Å². The van der Waals surface area contributed by atoms with Gasteiger partial charge >= 0.3 is 0 Å². The number of aromatic nitrogens is 1.